The first kappa shape index (κ1) is 15.0. The molecular weight excluding hydrogens is 293 g/mol. The molecule has 0 saturated heterocycles. The van der Waals surface area contributed by atoms with E-state index in [0.29, 0.717) is 0 Å². The number of nitrogens with one attached hydrogen (secondary N) is 1. The van der Waals surface area contributed by atoms with Crippen molar-refractivity contribution < 1.29 is 13.9 Å². The van der Waals surface area contributed by atoms with Gasteiger partial charge in [0.15, 0.2) is 0 Å². The average molecular weight is 317 g/mol. The molecule has 1 aromatic rings. The summed E-state index contributed by atoms with van der Waals surface area (Å²) in [7, 11) is 0. The van der Waals surface area contributed by atoms with Gasteiger partial charge >= 0.3 is 5.97 Å². The van der Waals surface area contributed by atoms with Gasteiger partial charge in [-0.3, -0.25) is 0 Å². The topological polar surface area (TPSA) is 38.3 Å². The van der Waals surface area contributed by atoms with Crippen molar-refractivity contribution in [2.24, 2.45) is 17.8 Å². The summed E-state index contributed by atoms with van der Waals surface area (Å²) in [5.41, 5.74) is 0.951. The quantitative estimate of drug-likeness (QED) is 0.837. The maximum absolute atomic E-state index is 14.2. The van der Waals surface area contributed by atoms with Crippen molar-refractivity contribution in [3.05, 3.63) is 29.6 Å². The maximum Gasteiger partial charge on any atom is 0.341 e. The number of hydrogen-bond acceptors (Lipinski definition) is 3. The molecule has 4 bridgehead atoms. The van der Waals surface area contributed by atoms with E-state index in [2.05, 4.69) is 5.32 Å². The van der Waals surface area contributed by atoms with Crippen LogP contribution in [-0.2, 0) is 4.74 Å². The van der Waals surface area contributed by atoms with Crippen LogP contribution in [0.25, 0.3) is 0 Å². The van der Waals surface area contributed by atoms with Crippen LogP contribution in [0.5, 0.6) is 0 Å². The number of carbonyl (C=O) groups is 1. The van der Waals surface area contributed by atoms with Crippen LogP contribution in [0.15, 0.2) is 18.2 Å². The molecule has 0 radical (unpaired) electrons. The van der Waals surface area contributed by atoms with Gasteiger partial charge in [0, 0.05) is 11.2 Å². The van der Waals surface area contributed by atoms with Gasteiger partial charge in [-0.2, -0.15) is 0 Å². The fraction of sp³-hybridized carbons (Fsp3) is 0.632. The maximum atomic E-state index is 14.2. The molecule has 5 rings (SSSR count). The van der Waals surface area contributed by atoms with Crippen molar-refractivity contribution in [3.63, 3.8) is 0 Å². The van der Waals surface area contributed by atoms with Gasteiger partial charge in [0.2, 0.25) is 0 Å². The summed E-state index contributed by atoms with van der Waals surface area (Å²) in [4.78, 5) is 11.7. The first-order chi connectivity index (χ1) is 11.1. The second-order valence-corrected chi connectivity index (χ2v) is 7.74. The van der Waals surface area contributed by atoms with Gasteiger partial charge in [-0.1, -0.05) is 0 Å². The number of esters is 1. The molecule has 0 atom stereocenters. The van der Waals surface area contributed by atoms with Crippen molar-refractivity contribution >= 4 is 11.7 Å². The van der Waals surface area contributed by atoms with E-state index in [4.69, 9.17) is 4.74 Å². The number of benzene rings is 1. The van der Waals surface area contributed by atoms with Gasteiger partial charge in [-0.25, -0.2) is 9.18 Å². The van der Waals surface area contributed by atoms with Gasteiger partial charge in [-0.05, 0) is 81.4 Å². The SMILES string of the molecule is CCOC(=O)c1ccc(NC23CC4CC(CC(C4)C2)C3)cc1F. The third kappa shape index (κ3) is 2.73. The Hall–Kier alpha value is -1.58. The molecule has 0 aliphatic heterocycles. The van der Waals surface area contributed by atoms with E-state index in [-0.39, 0.29) is 17.7 Å². The molecule has 0 aromatic heterocycles. The monoisotopic (exact) mass is 317 g/mol. The summed E-state index contributed by atoms with van der Waals surface area (Å²) < 4.78 is 19.1. The van der Waals surface area contributed by atoms with Crippen molar-refractivity contribution in [2.75, 3.05) is 11.9 Å². The van der Waals surface area contributed by atoms with Crippen LogP contribution < -0.4 is 5.32 Å². The molecule has 1 N–H and O–H groups in total. The lowest BCUT2D eigenvalue weighted by atomic mass is 9.53. The third-order valence-electron chi connectivity index (χ3n) is 5.91. The lowest BCUT2D eigenvalue weighted by molar-refractivity contribution is 0.0107. The Morgan fingerprint density at radius 2 is 1.83 bits per heavy atom. The van der Waals surface area contributed by atoms with Crippen LogP contribution in [0.3, 0.4) is 0 Å². The Labute approximate surface area is 136 Å². The second kappa shape index (κ2) is 5.50. The van der Waals surface area contributed by atoms with Gasteiger partial charge in [0.25, 0.3) is 0 Å². The lowest BCUT2D eigenvalue weighted by Crippen LogP contribution is -2.54. The fourth-order valence-electron chi connectivity index (χ4n) is 5.54. The highest BCUT2D eigenvalue weighted by Gasteiger charge is 2.50. The Balaban J connectivity index is 1.53. The molecule has 4 fully saturated rings. The molecule has 0 amide bonds. The highest BCUT2D eigenvalue weighted by atomic mass is 19.1. The first-order valence-corrected chi connectivity index (χ1v) is 8.82. The van der Waals surface area contributed by atoms with E-state index in [1.165, 1.54) is 50.7 Å². The zero-order valence-electron chi connectivity index (χ0n) is 13.6. The Morgan fingerprint density at radius 3 is 2.35 bits per heavy atom. The highest BCUT2D eigenvalue weighted by molar-refractivity contribution is 5.90. The van der Waals surface area contributed by atoms with Crippen molar-refractivity contribution in [2.45, 2.75) is 51.0 Å². The van der Waals surface area contributed by atoms with E-state index in [1.54, 1.807) is 6.92 Å². The fourth-order valence-corrected chi connectivity index (χ4v) is 5.54. The summed E-state index contributed by atoms with van der Waals surface area (Å²) in [5.74, 6) is 1.44. The molecule has 4 aliphatic carbocycles. The molecule has 4 aliphatic rings. The largest absolute Gasteiger partial charge is 0.462 e. The van der Waals surface area contributed by atoms with Gasteiger partial charge in [-0.15, -0.1) is 0 Å². The molecule has 124 valence electrons. The van der Waals surface area contributed by atoms with Crippen LogP contribution >= 0.6 is 0 Å². The van der Waals surface area contributed by atoms with Gasteiger partial charge in [0.05, 0.1) is 12.2 Å². The predicted molar refractivity (Wildman–Crippen MR) is 86.9 cm³/mol. The van der Waals surface area contributed by atoms with Crippen LogP contribution in [0.4, 0.5) is 10.1 Å². The zero-order valence-corrected chi connectivity index (χ0v) is 13.6. The molecule has 4 heteroatoms. The van der Waals surface area contributed by atoms with Crippen LogP contribution in [0.1, 0.15) is 55.8 Å². The van der Waals surface area contributed by atoms with Crippen molar-refractivity contribution in [3.8, 4) is 0 Å². The standard InChI is InChI=1S/C19H24FNO2/c1-2-23-18(22)16-4-3-15(8-17(16)20)21-19-9-12-5-13(10-19)7-14(6-12)11-19/h3-4,8,12-14,21H,2,5-7,9-11H2,1H3. The lowest BCUT2D eigenvalue weighted by Gasteiger charge is -2.57. The molecule has 0 heterocycles. The molecular formula is C19H24FNO2. The van der Waals surface area contributed by atoms with E-state index in [1.807, 2.05) is 6.07 Å². The summed E-state index contributed by atoms with van der Waals surface area (Å²) in [6, 6.07) is 4.80. The highest BCUT2D eigenvalue weighted by Crippen LogP contribution is 2.56. The minimum atomic E-state index is -0.591. The smallest absolute Gasteiger partial charge is 0.341 e. The van der Waals surface area contributed by atoms with Crippen LogP contribution in [-0.4, -0.2) is 18.1 Å². The number of anilines is 1. The van der Waals surface area contributed by atoms with Crippen molar-refractivity contribution in [1.82, 2.24) is 0 Å². The second-order valence-electron chi connectivity index (χ2n) is 7.74. The Bertz CT molecular complexity index is 593. The van der Waals surface area contributed by atoms with E-state index >= 15 is 0 Å². The number of ether oxygens (including phenoxy) is 1. The summed E-state index contributed by atoms with van der Waals surface area (Å²) >= 11 is 0. The summed E-state index contributed by atoms with van der Waals surface area (Å²) in [6.45, 7) is 1.98. The first-order valence-electron chi connectivity index (χ1n) is 8.82. The molecule has 1 aromatic carbocycles. The van der Waals surface area contributed by atoms with Gasteiger partial charge in [0.1, 0.15) is 5.82 Å². The Kier molecular flexibility index (Phi) is 3.58. The number of rotatable bonds is 4. The third-order valence-corrected chi connectivity index (χ3v) is 5.91. The summed E-state index contributed by atoms with van der Waals surface area (Å²) in [5, 5.41) is 3.63. The van der Waals surface area contributed by atoms with Crippen LogP contribution in [0, 0.1) is 23.6 Å². The normalized spacial score (nSPS) is 34.4. The minimum Gasteiger partial charge on any atom is -0.462 e. The zero-order chi connectivity index (χ0) is 16.0. The number of hydrogen-bond donors (Lipinski definition) is 1. The molecule has 23 heavy (non-hydrogen) atoms. The summed E-state index contributed by atoms with van der Waals surface area (Å²) in [6.07, 6.45) is 7.78. The molecule has 4 saturated carbocycles. The van der Waals surface area contributed by atoms with E-state index in [9.17, 15) is 9.18 Å². The van der Waals surface area contributed by atoms with Crippen LogP contribution in [0.2, 0.25) is 0 Å². The Morgan fingerprint density at radius 1 is 1.22 bits per heavy atom. The van der Waals surface area contributed by atoms with E-state index < -0.39 is 11.8 Å². The van der Waals surface area contributed by atoms with Gasteiger partial charge < -0.3 is 10.1 Å². The molecule has 0 spiro atoms. The minimum absolute atomic E-state index is 0.0166. The number of carbonyl (C=O) groups excluding carboxylic acids is 1. The van der Waals surface area contributed by atoms with Crippen molar-refractivity contribution in [1.29, 1.82) is 0 Å². The average Bonchev–Trinajstić information content (AvgIpc) is 2.45. The van der Waals surface area contributed by atoms with E-state index in [0.717, 1.165) is 23.4 Å². The number of halogens is 1. The molecule has 3 nitrogen and oxygen atoms in total. The predicted octanol–water partition coefficient (Wildman–Crippen LogP) is 4.38. The molecule has 0 unspecified atom stereocenters.